The maximum Gasteiger partial charge on any atom is 0.321 e. The molecule has 4 rings (SSSR count). The van der Waals surface area contributed by atoms with Crippen LogP contribution >= 0.6 is 0 Å². The van der Waals surface area contributed by atoms with Crippen LogP contribution in [0.25, 0.3) is 11.1 Å². The van der Waals surface area contributed by atoms with Crippen LogP contribution in [0.15, 0.2) is 72.8 Å². The summed E-state index contributed by atoms with van der Waals surface area (Å²) in [4.78, 5) is 17.3. The Bertz CT molecular complexity index is 1150. The SMILES string of the molecule is COc1ccc(NC(=O)N2CCCCN(C)[C@H](CO)[C@H](c3ccc(-c4cccc(F)c4)cc3)CC2)cc1. The lowest BCUT2D eigenvalue weighted by molar-refractivity contribution is 0.111. The van der Waals surface area contributed by atoms with Gasteiger partial charge in [0.25, 0.3) is 0 Å². The first-order chi connectivity index (χ1) is 18.0. The molecule has 3 aromatic rings. The van der Waals surface area contributed by atoms with Crippen LogP contribution in [0.4, 0.5) is 14.9 Å². The van der Waals surface area contributed by atoms with E-state index in [1.807, 2.05) is 47.4 Å². The molecule has 0 saturated carbocycles. The van der Waals surface area contributed by atoms with Gasteiger partial charge in [-0.2, -0.15) is 0 Å². The highest BCUT2D eigenvalue weighted by molar-refractivity contribution is 5.89. The Kier molecular flexibility index (Phi) is 9.14. The van der Waals surface area contributed by atoms with E-state index in [2.05, 4.69) is 29.4 Å². The van der Waals surface area contributed by atoms with Crippen molar-refractivity contribution in [1.82, 2.24) is 9.80 Å². The fourth-order valence-corrected chi connectivity index (χ4v) is 5.06. The van der Waals surface area contributed by atoms with E-state index in [1.54, 1.807) is 13.2 Å². The average molecular weight is 506 g/mol. The molecule has 1 heterocycles. The number of nitrogens with zero attached hydrogens (tertiary/aromatic N) is 2. The van der Waals surface area contributed by atoms with E-state index in [-0.39, 0.29) is 30.4 Å². The maximum atomic E-state index is 13.7. The van der Waals surface area contributed by atoms with Gasteiger partial charge in [0.2, 0.25) is 0 Å². The predicted octanol–water partition coefficient (Wildman–Crippen LogP) is 5.60. The van der Waals surface area contributed by atoms with Crippen molar-refractivity contribution in [2.45, 2.75) is 31.2 Å². The van der Waals surface area contributed by atoms with Crippen LogP contribution in [0, 0.1) is 5.82 Å². The van der Waals surface area contributed by atoms with Crippen LogP contribution < -0.4 is 10.1 Å². The molecule has 0 bridgehead atoms. The summed E-state index contributed by atoms with van der Waals surface area (Å²) in [6.45, 7) is 2.12. The molecule has 1 saturated heterocycles. The molecule has 37 heavy (non-hydrogen) atoms. The standard InChI is InChI=1S/C30H36FN3O3/c1-33-17-3-4-18-34(30(36)32-26-12-14-27(37-2)15-13-26)19-16-28(29(33)21-35)23-10-8-22(9-11-23)24-6-5-7-25(31)20-24/h5-15,20,28-29,35H,3-4,16-19,21H2,1-2H3,(H,32,36)/t28-,29+/m0/s1. The van der Waals surface area contributed by atoms with Gasteiger partial charge in [0.05, 0.1) is 13.7 Å². The van der Waals surface area contributed by atoms with Gasteiger partial charge in [0, 0.05) is 30.7 Å². The molecule has 0 unspecified atom stereocenters. The second-order valence-electron chi connectivity index (χ2n) is 9.61. The van der Waals surface area contributed by atoms with E-state index in [0.717, 1.165) is 47.5 Å². The molecule has 1 aliphatic rings. The fourth-order valence-electron chi connectivity index (χ4n) is 5.06. The predicted molar refractivity (Wildman–Crippen MR) is 146 cm³/mol. The normalized spacial score (nSPS) is 19.3. The van der Waals surface area contributed by atoms with Gasteiger partial charge in [-0.05, 0) is 85.9 Å². The van der Waals surface area contributed by atoms with Crippen molar-refractivity contribution < 1.29 is 19.0 Å². The van der Waals surface area contributed by atoms with E-state index in [4.69, 9.17) is 4.74 Å². The lowest BCUT2D eigenvalue weighted by Gasteiger charge is -2.36. The Balaban J connectivity index is 1.52. The summed E-state index contributed by atoms with van der Waals surface area (Å²) in [6.07, 6.45) is 2.54. The number of halogens is 1. The third kappa shape index (κ3) is 6.87. The van der Waals surface area contributed by atoms with E-state index >= 15 is 0 Å². The molecule has 6 nitrogen and oxygen atoms in total. The highest BCUT2D eigenvalue weighted by Gasteiger charge is 2.28. The van der Waals surface area contributed by atoms with Crippen molar-refractivity contribution in [3.05, 3.63) is 84.2 Å². The summed E-state index contributed by atoms with van der Waals surface area (Å²) in [7, 11) is 3.67. The van der Waals surface area contributed by atoms with Crippen molar-refractivity contribution in [1.29, 1.82) is 0 Å². The van der Waals surface area contributed by atoms with Crippen molar-refractivity contribution in [2.24, 2.45) is 0 Å². The number of aliphatic hydroxyl groups is 1. The Morgan fingerprint density at radius 2 is 1.73 bits per heavy atom. The number of likely N-dealkylation sites (N-methyl/N-ethyl adjacent to an activating group) is 1. The van der Waals surface area contributed by atoms with Gasteiger partial charge >= 0.3 is 6.03 Å². The highest BCUT2D eigenvalue weighted by atomic mass is 19.1. The minimum absolute atomic E-state index is 0.0326. The first-order valence-electron chi connectivity index (χ1n) is 12.9. The first kappa shape index (κ1) is 26.6. The number of benzene rings is 3. The van der Waals surface area contributed by atoms with Crippen molar-refractivity contribution in [3.8, 4) is 16.9 Å². The highest BCUT2D eigenvalue weighted by Crippen LogP contribution is 2.30. The monoisotopic (exact) mass is 505 g/mol. The summed E-state index contributed by atoms with van der Waals surface area (Å²) in [5, 5.41) is 13.4. The largest absolute Gasteiger partial charge is 0.497 e. The molecule has 0 aromatic heterocycles. The Morgan fingerprint density at radius 3 is 2.41 bits per heavy atom. The first-order valence-corrected chi connectivity index (χ1v) is 12.9. The number of carbonyl (C=O) groups excluding carboxylic acids is 1. The van der Waals surface area contributed by atoms with E-state index in [1.165, 1.54) is 12.1 Å². The molecule has 0 radical (unpaired) electrons. The van der Waals surface area contributed by atoms with Gasteiger partial charge in [-0.25, -0.2) is 9.18 Å². The second-order valence-corrected chi connectivity index (χ2v) is 9.61. The van der Waals surface area contributed by atoms with Gasteiger partial charge in [-0.1, -0.05) is 36.4 Å². The Morgan fingerprint density at radius 1 is 1.00 bits per heavy atom. The van der Waals surface area contributed by atoms with Crippen molar-refractivity contribution >= 4 is 11.7 Å². The topological polar surface area (TPSA) is 65.0 Å². The molecule has 2 atom stereocenters. The number of carbonyl (C=O) groups is 1. The van der Waals surface area contributed by atoms with E-state index in [9.17, 15) is 14.3 Å². The number of amides is 2. The lowest BCUT2D eigenvalue weighted by atomic mass is 9.86. The van der Waals surface area contributed by atoms with Gasteiger partial charge in [-0.15, -0.1) is 0 Å². The zero-order valence-corrected chi connectivity index (χ0v) is 21.6. The molecule has 7 heteroatoms. The molecule has 196 valence electrons. The minimum Gasteiger partial charge on any atom is -0.497 e. The number of nitrogens with one attached hydrogen (secondary N) is 1. The summed E-state index contributed by atoms with van der Waals surface area (Å²) in [5.74, 6) is 0.511. The van der Waals surface area contributed by atoms with Crippen LogP contribution in [0.2, 0.25) is 0 Å². The smallest absolute Gasteiger partial charge is 0.321 e. The van der Waals surface area contributed by atoms with Crippen LogP contribution in [-0.4, -0.2) is 67.4 Å². The third-order valence-corrected chi connectivity index (χ3v) is 7.24. The Hall–Kier alpha value is -3.42. The molecule has 2 N–H and O–H groups in total. The van der Waals surface area contributed by atoms with Crippen molar-refractivity contribution in [3.63, 3.8) is 0 Å². The summed E-state index contributed by atoms with van der Waals surface area (Å²) in [6, 6.07) is 21.8. The summed E-state index contributed by atoms with van der Waals surface area (Å²) < 4.78 is 18.9. The van der Waals surface area contributed by atoms with E-state index in [0.29, 0.717) is 19.5 Å². The summed E-state index contributed by atoms with van der Waals surface area (Å²) >= 11 is 0. The van der Waals surface area contributed by atoms with Crippen LogP contribution in [0.3, 0.4) is 0 Å². The average Bonchev–Trinajstić information content (AvgIpc) is 2.92. The van der Waals surface area contributed by atoms with Gasteiger partial charge < -0.3 is 25.0 Å². The molecule has 1 aliphatic heterocycles. The van der Waals surface area contributed by atoms with Crippen molar-refractivity contribution in [2.75, 3.05) is 45.7 Å². The molecule has 0 spiro atoms. The molecular weight excluding hydrogens is 469 g/mol. The number of urea groups is 1. The number of anilines is 1. The molecular formula is C30H36FN3O3. The molecule has 2 amide bonds. The Labute approximate surface area is 218 Å². The number of methoxy groups -OCH3 is 1. The number of hydrogen-bond acceptors (Lipinski definition) is 4. The molecule has 0 aliphatic carbocycles. The number of aliphatic hydroxyl groups excluding tert-OH is 1. The number of hydrogen-bond donors (Lipinski definition) is 2. The third-order valence-electron chi connectivity index (χ3n) is 7.24. The molecule has 1 fully saturated rings. The van der Waals surface area contributed by atoms with E-state index < -0.39 is 0 Å². The number of ether oxygens (including phenoxy) is 1. The fraction of sp³-hybridized carbons (Fsp3) is 0.367. The maximum absolute atomic E-state index is 13.7. The summed E-state index contributed by atoms with van der Waals surface area (Å²) in [5.41, 5.74) is 3.59. The second kappa shape index (κ2) is 12.7. The van der Waals surface area contributed by atoms with Gasteiger partial charge in [-0.3, -0.25) is 0 Å². The quantitative estimate of drug-likeness (QED) is 0.474. The number of rotatable bonds is 5. The van der Waals surface area contributed by atoms with Gasteiger partial charge in [0.15, 0.2) is 0 Å². The zero-order valence-electron chi connectivity index (χ0n) is 21.6. The van der Waals surface area contributed by atoms with Crippen LogP contribution in [0.5, 0.6) is 5.75 Å². The lowest BCUT2D eigenvalue weighted by Crippen LogP contribution is -2.44. The van der Waals surface area contributed by atoms with Gasteiger partial charge in [0.1, 0.15) is 11.6 Å². The molecule has 3 aromatic carbocycles. The van der Waals surface area contributed by atoms with Crippen LogP contribution in [0.1, 0.15) is 30.7 Å². The zero-order chi connectivity index (χ0) is 26.2. The van der Waals surface area contributed by atoms with Crippen LogP contribution in [-0.2, 0) is 0 Å². The minimum atomic E-state index is -0.260.